The summed E-state index contributed by atoms with van der Waals surface area (Å²) in [5.41, 5.74) is 0.278. The van der Waals surface area contributed by atoms with E-state index in [0.29, 0.717) is 12.2 Å². The lowest BCUT2D eigenvalue weighted by atomic mass is 9.98. The van der Waals surface area contributed by atoms with Crippen LogP contribution >= 0.6 is 0 Å². The van der Waals surface area contributed by atoms with Gasteiger partial charge in [0.1, 0.15) is 0 Å². The largest absolute Gasteiger partial charge is 0.481 e. The second-order valence-electron chi connectivity index (χ2n) is 5.13. The highest BCUT2D eigenvalue weighted by atomic mass is 16.4. The molecule has 0 saturated carbocycles. The van der Waals surface area contributed by atoms with Gasteiger partial charge in [0.25, 0.3) is 5.91 Å². The zero-order valence-electron chi connectivity index (χ0n) is 12.1. The number of carbonyl (C=O) groups excluding carboxylic acids is 1. The highest BCUT2D eigenvalue weighted by Gasteiger charge is 2.24. The van der Waals surface area contributed by atoms with E-state index in [4.69, 9.17) is 5.11 Å². The molecule has 1 aliphatic rings. The summed E-state index contributed by atoms with van der Waals surface area (Å²) in [6.07, 6.45) is 3.89. The van der Waals surface area contributed by atoms with Gasteiger partial charge in [-0.1, -0.05) is 0 Å². The van der Waals surface area contributed by atoms with Crippen molar-refractivity contribution in [1.82, 2.24) is 15.5 Å². The van der Waals surface area contributed by atoms with Crippen LogP contribution in [0.5, 0.6) is 0 Å². The number of nitrogens with one attached hydrogen (secondary N) is 1. The van der Waals surface area contributed by atoms with Gasteiger partial charge in [0.05, 0.1) is 0 Å². The zero-order valence-corrected chi connectivity index (χ0v) is 12.1. The van der Waals surface area contributed by atoms with Crippen LogP contribution in [0.4, 0.5) is 5.82 Å². The van der Waals surface area contributed by atoms with Crippen molar-refractivity contribution < 1.29 is 14.7 Å². The minimum atomic E-state index is -0.776. The molecule has 1 aromatic heterocycles. The number of piperidine rings is 1. The Labute approximate surface area is 123 Å². The topological polar surface area (TPSA) is 95.4 Å². The number of rotatable bonds is 5. The highest BCUT2D eigenvalue weighted by Crippen LogP contribution is 2.25. The van der Waals surface area contributed by atoms with Gasteiger partial charge < -0.3 is 15.3 Å². The van der Waals surface area contributed by atoms with E-state index in [1.54, 1.807) is 19.2 Å². The second-order valence-corrected chi connectivity index (χ2v) is 5.13. The zero-order chi connectivity index (χ0) is 15.2. The van der Waals surface area contributed by atoms with Gasteiger partial charge in [-0.25, -0.2) is 0 Å². The molecule has 7 heteroatoms. The predicted molar refractivity (Wildman–Crippen MR) is 77.3 cm³/mol. The molecule has 1 fully saturated rings. The maximum Gasteiger partial charge on any atom is 0.303 e. The summed E-state index contributed by atoms with van der Waals surface area (Å²) in [4.78, 5) is 24.3. The summed E-state index contributed by atoms with van der Waals surface area (Å²) >= 11 is 0. The molecule has 2 N–H and O–H groups in total. The number of anilines is 1. The average molecular weight is 292 g/mol. The van der Waals surface area contributed by atoms with Crippen LogP contribution in [0.3, 0.4) is 0 Å². The minimum absolute atomic E-state index is 0.158. The SMILES string of the molecule is CNC(=O)c1ccc(N2CCCCC2CCC(=O)O)nn1. The number of nitrogens with zero attached hydrogens (tertiary/aromatic N) is 3. The van der Waals surface area contributed by atoms with E-state index in [2.05, 4.69) is 20.4 Å². The molecule has 2 heterocycles. The number of amides is 1. The van der Waals surface area contributed by atoms with Gasteiger partial charge >= 0.3 is 5.97 Å². The number of hydrogen-bond donors (Lipinski definition) is 2. The molecule has 0 spiro atoms. The molecule has 21 heavy (non-hydrogen) atoms. The van der Waals surface area contributed by atoms with Crippen molar-refractivity contribution in [1.29, 1.82) is 0 Å². The number of hydrogen-bond acceptors (Lipinski definition) is 5. The summed E-state index contributed by atoms with van der Waals surface area (Å²) in [5, 5.41) is 19.4. The Balaban J connectivity index is 2.09. The summed E-state index contributed by atoms with van der Waals surface area (Å²) in [6, 6.07) is 3.59. The number of aromatic nitrogens is 2. The van der Waals surface area contributed by atoms with Crippen LogP contribution in [-0.4, -0.2) is 46.8 Å². The van der Waals surface area contributed by atoms with Crippen molar-refractivity contribution in [3.8, 4) is 0 Å². The van der Waals surface area contributed by atoms with Crippen LogP contribution in [0.1, 0.15) is 42.6 Å². The van der Waals surface area contributed by atoms with E-state index in [1.807, 2.05) is 0 Å². The van der Waals surface area contributed by atoms with Crippen molar-refractivity contribution in [2.24, 2.45) is 0 Å². The van der Waals surface area contributed by atoms with Gasteiger partial charge in [0, 0.05) is 26.1 Å². The first-order chi connectivity index (χ1) is 10.1. The fourth-order valence-corrected chi connectivity index (χ4v) is 2.62. The van der Waals surface area contributed by atoms with Crippen LogP contribution in [-0.2, 0) is 4.79 Å². The van der Waals surface area contributed by atoms with Gasteiger partial charge in [0.2, 0.25) is 0 Å². The summed E-state index contributed by atoms with van der Waals surface area (Å²) in [6.45, 7) is 0.846. The second kappa shape index (κ2) is 7.01. The molecule has 1 amide bonds. The number of aliphatic carboxylic acids is 1. The van der Waals surface area contributed by atoms with Crippen LogP contribution in [0.25, 0.3) is 0 Å². The maximum absolute atomic E-state index is 11.5. The summed E-state index contributed by atoms with van der Waals surface area (Å²) < 4.78 is 0. The Hall–Kier alpha value is -2.18. The molecule has 0 bridgehead atoms. The molecule has 114 valence electrons. The Kier molecular flexibility index (Phi) is 5.08. The third-order valence-electron chi connectivity index (χ3n) is 3.72. The quantitative estimate of drug-likeness (QED) is 0.842. The number of carbonyl (C=O) groups is 2. The maximum atomic E-state index is 11.5. The Morgan fingerprint density at radius 1 is 1.38 bits per heavy atom. The fraction of sp³-hybridized carbons (Fsp3) is 0.571. The van der Waals surface area contributed by atoms with Crippen molar-refractivity contribution in [3.63, 3.8) is 0 Å². The molecule has 0 aromatic carbocycles. The van der Waals surface area contributed by atoms with Crippen molar-refractivity contribution in [2.75, 3.05) is 18.5 Å². The van der Waals surface area contributed by atoms with E-state index in [-0.39, 0.29) is 24.1 Å². The normalized spacial score (nSPS) is 18.3. The van der Waals surface area contributed by atoms with Crippen LogP contribution in [0.15, 0.2) is 12.1 Å². The number of carboxylic acids is 1. The van der Waals surface area contributed by atoms with Crippen LogP contribution in [0, 0.1) is 0 Å². The van der Waals surface area contributed by atoms with Crippen LogP contribution in [0.2, 0.25) is 0 Å². The molecular formula is C14H20N4O3. The first-order valence-corrected chi connectivity index (χ1v) is 7.16. The van der Waals surface area contributed by atoms with E-state index in [1.165, 1.54) is 0 Å². The average Bonchev–Trinajstić information content (AvgIpc) is 2.52. The molecule has 1 unspecified atom stereocenters. The van der Waals surface area contributed by atoms with Gasteiger partial charge in [-0.3, -0.25) is 9.59 Å². The van der Waals surface area contributed by atoms with E-state index in [0.717, 1.165) is 25.8 Å². The fourth-order valence-electron chi connectivity index (χ4n) is 2.62. The molecule has 1 aromatic rings. The third kappa shape index (κ3) is 3.90. The van der Waals surface area contributed by atoms with E-state index < -0.39 is 5.97 Å². The standard InChI is InChI=1S/C14H20N4O3/c1-15-14(21)11-6-7-12(17-16-11)18-9-3-2-4-10(18)5-8-13(19)20/h6-7,10H,2-5,8-9H2,1H3,(H,15,21)(H,19,20). The molecule has 1 aliphatic heterocycles. The van der Waals surface area contributed by atoms with Gasteiger partial charge in [-0.15, -0.1) is 10.2 Å². The van der Waals surface area contributed by atoms with Crippen molar-refractivity contribution in [3.05, 3.63) is 17.8 Å². The molecular weight excluding hydrogens is 272 g/mol. The molecule has 7 nitrogen and oxygen atoms in total. The van der Waals surface area contributed by atoms with Crippen molar-refractivity contribution >= 4 is 17.7 Å². The van der Waals surface area contributed by atoms with Gasteiger partial charge in [0.15, 0.2) is 11.5 Å². The lowest BCUT2D eigenvalue weighted by Crippen LogP contribution is -2.40. The first-order valence-electron chi connectivity index (χ1n) is 7.16. The van der Waals surface area contributed by atoms with Crippen LogP contribution < -0.4 is 10.2 Å². The molecule has 0 radical (unpaired) electrons. The number of carboxylic acid groups (broad SMARTS) is 1. The smallest absolute Gasteiger partial charge is 0.303 e. The Morgan fingerprint density at radius 3 is 2.81 bits per heavy atom. The monoisotopic (exact) mass is 292 g/mol. The van der Waals surface area contributed by atoms with Gasteiger partial charge in [-0.2, -0.15) is 0 Å². The van der Waals surface area contributed by atoms with Gasteiger partial charge in [-0.05, 0) is 37.8 Å². The molecule has 2 rings (SSSR count). The lowest BCUT2D eigenvalue weighted by Gasteiger charge is -2.36. The highest BCUT2D eigenvalue weighted by molar-refractivity contribution is 5.91. The lowest BCUT2D eigenvalue weighted by molar-refractivity contribution is -0.137. The predicted octanol–water partition coefficient (Wildman–Crippen LogP) is 1.06. The summed E-state index contributed by atoms with van der Waals surface area (Å²) in [7, 11) is 1.55. The first kappa shape index (κ1) is 15.2. The Morgan fingerprint density at radius 2 is 2.19 bits per heavy atom. The minimum Gasteiger partial charge on any atom is -0.481 e. The molecule has 0 aliphatic carbocycles. The molecule has 1 atom stereocenters. The van der Waals surface area contributed by atoms with E-state index >= 15 is 0 Å². The third-order valence-corrected chi connectivity index (χ3v) is 3.72. The van der Waals surface area contributed by atoms with E-state index in [9.17, 15) is 9.59 Å². The summed E-state index contributed by atoms with van der Waals surface area (Å²) in [5.74, 6) is -0.338. The Bertz CT molecular complexity index is 503. The van der Waals surface area contributed by atoms with Crippen molar-refractivity contribution in [2.45, 2.75) is 38.1 Å². The molecule has 1 saturated heterocycles.